The second-order valence-electron chi connectivity index (χ2n) is 6.78. The molecule has 1 fully saturated rings. The van der Waals surface area contributed by atoms with Gasteiger partial charge in [-0.15, -0.1) is 0 Å². The molecule has 1 N–H and O–H groups in total. The molecule has 0 aromatic heterocycles. The molecule has 0 unspecified atom stereocenters. The third-order valence-electron chi connectivity index (χ3n) is 4.74. The number of piperidine rings is 1. The van der Waals surface area contributed by atoms with E-state index in [9.17, 15) is 13.2 Å². The lowest BCUT2D eigenvalue weighted by Crippen LogP contribution is -2.42. The van der Waals surface area contributed by atoms with E-state index in [0.717, 1.165) is 11.1 Å². The molecule has 148 valence electrons. The molecule has 1 heterocycles. The molecule has 3 rings (SSSR count). The molecule has 8 heteroatoms. The maximum atomic E-state index is 12.7. The lowest BCUT2D eigenvalue weighted by molar-refractivity contribution is -0.126. The van der Waals surface area contributed by atoms with Gasteiger partial charge in [-0.3, -0.25) is 4.79 Å². The van der Waals surface area contributed by atoms with Crippen LogP contribution in [0.2, 0.25) is 5.02 Å². The largest absolute Gasteiger partial charge is 0.273 e. The quantitative estimate of drug-likeness (QED) is 0.597. The monoisotopic (exact) mass is 419 g/mol. The molecular formula is C20H22ClN3O3S. The first kappa shape index (κ1) is 20.5. The highest BCUT2D eigenvalue weighted by Gasteiger charge is 2.32. The van der Waals surface area contributed by atoms with Crippen molar-refractivity contribution >= 4 is 33.7 Å². The van der Waals surface area contributed by atoms with Crippen molar-refractivity contribution < 1.29 is 13.2 Å². The summed E-state index contributed by atoms with van der Waals surface area (Å²) in [7, 11) is -3.57. The summed E-state index contributed by atoms with van der Waals surface area (Å²) in [6.07, 6.45) is 2.51. The van der Waals surface area contributed by atoms with E-state index in [-0.39, 0.29) is 16.7 Å². The highest BCUT2D eigenvalue weighted by molar-refractivity contribution is 7.89. The Morgan fingerprint density at radius 1 is 1.11 bits per heavy atom. The number of hydrogen-bond acceptors (Lipinski definition) is 4. The van der Waals surface area contributed by atoms with Crippen molar-refractivity contribution in [3.05, 3.63) is 64.7 Å². The second kappa shape index (κ2) is 8.86. The van der Waals surface area contributed by atoms with Crippen LogP contribution in [-0.2, 0) is 14.8 Å². The summed E-state index contributed by atoms with van der Waals surface area (Å²) in [6, 6.07) is 13.9. The number of carbonyl (C=O) groups is 1. The predicted molar refractivity (Wildman–Crippen MR) is 110 cm³/mol. The van der Waals surface area contributed by atoms with Gasteiger partial charge in [0, 0.05) is 24.0 Å². The summed E-state index contributed by atoms with van der Waals surface area (Å²) in [4.78, 5) is 12.5. The second-order valence-corrected chi connectivity index (χ2v) is 9.15. The molecule has 2 aromatic rings. The van der Waals surface area contributed by atoms with E-state index >= 15 is 0 Å². The van der Waals surface area contributed by atoms with Crippen LogP contribution in [0, 0.1) is 12.8 Å². The summed E-state index contributed by atoms with van der Waals surface area (Å²) in [5, 5.41) is 4.49. The van der Waals surface area contributed by atoms with Crippen LogP contribution in [0.1, 0.15) is 24.0 Å². The van der Waals surface area contributed by atoms with Gasteiger partial charge >= 0.3 is 0 Å². The number of benzene rings is 2. The highest BCUT2D eigenvalue weighted by Crippen LogP contribution is 2.24. The van der Waals surface area contributed by atoms with Gasteiger partial charge in [-0.1, -0.05) is 41.4 Å². The molecule has 2 aromatic carbocycles. The van der Waals surface area contributed by atoms with Gasteiger partial charge in [-0.25, -0.2) is 13.8 Å². The van der Waals surface area contributed by atoms with Crippen molar-refractivity contribution in [1.82, 2.24) is 9.73 Å². The number of hydrogen-bond donors (Lipinski definition) is 1. The van der Waals surface area contributed by atoms with Crippen LogP contribution in [0.3, 0.4) is 0 Å². The zero-order valence-corrected chi connectivity index (χ0v) is 17.1. The lowest BCUT2D eigenvalue weighted by Gasteiger charge is -2.30. The first-order valence-corrected chi connectivity index (χ1v) is 10.8. The Balaban J connectivity index is 1.53. The van der Waals surface area contributed by atoms with Crippen molar-refractivity contribution in [3.8, 4) is 0 Å². The minimum Gasteiger partial charge on any atom is -0.273 e. The van der Waals surface area contributed by atoms with Gasteiger partial charge < -0.3 is 0 Å². The maximum absolute atomic E-state index is 12.7. The zero-order valence-electron chi connectivity index (χ0n) is 15.5. The number of nitrogens with zero attached hydrogens (tertiary/aromatic N) is 2. The van der Waals surface area contributed by atoms with Crippen LogP contribution in [0.25, 0.3) is 0 Å². The van der Waals surface area contributed by atoms with E-state index in [0.29, 0.717) is 31.0 Å². The molecule has 0 spiro atoms. The van der Waals surface area contributed by atoms with Gasteiger partial charge in [0.1, 0.15) is 0 Å². The fourth-order valence-corrected chi connectivity index (χ4v) is 4.62. The Kier molecular flexibility index (Phi) is 6.49. The first-order chi connectivity index (χ1) is 13.4. The molecule has 0 bridgehead atoms. The minimum absolute atomic E-state index is 0.188. The fraction of sp³-hybridized carbons (Fsp3) is 0.300. The molecule has 0 radical (unpaired) electrons. The van der Waals surface area contributed by atoms with E-state index in [1.807, 2.05) is 31.2 Å². The van der Waals surface area contributed by atoms with Crippen LogP contribution in [0.4, 0.5) is 0 Å². The van der Waals surface area contributed by atoms with E-state index in [1.165, 1.54) is 16.4 Å². The van der Waals surface area contributed by atoms with Crippen molar-refractivity contribution in [2.45, 2.75) is 24.7 Å². The number of carbonyl (C=O) groups excluding carboxylic acids is 1. The minimum atomic E-state index is -3.57. The lowest BCUT2D eigenvalue weighted by atomic mass is 9.98. The molecule has 6 nitrogen and oxygen atoms in total. The number of aryl methyl sites for hydroxylation is 1. The first-order valence-electron chi connectivity index (χ1n) is 9.01. The molecule has 0 saturated carbocycles. The average molecular weight is 420 g/mol. The number of halogens is 1. The predicted octanol–water partition coefficient (Wildman–Crippen LogP) is 3.20. The van der Waals surface area contributed by atoms with Gasteiger partial charge in [0.25, 0.3) is 0 Å². The molecule has 1 aliphatic rings. The van der Waals surface area contributed by atoms with Crippen LogP contribution in [0.15, 0.2) is 58.5 Å². The van der Waals surface area contributed by atoms with E-state index < -0.39 is 10.0 Å². The molecule has 0 atom stereocenters. The molecule has 28 heavy (non-hydrogen) atoms. The van der Waals surface area contributed by atoms with Crippen molar-refractivity contribution in [1.29, 1.82) is 0 Å². The van der Waals surface area contributed by atoms with Gasteiger partial charge in [0.2, 0.25) is 15.9 Å². The Hall–Kier alpha value is -2.22. The number of rotatable bonds is 5. The van der Waals surface area contributed by atoms with Crippen LogP contribution in [0.5, 0.6) is 0 Å². The summed E-state index contributed by atoms with van der Waals surface area (Å²) in [6.45, 7) is 2.59. The topological polar surface area (TPSA) is 78.8 Å². The van der Waals surface area contributed by atoms with Crippen LogP contribution >= 0.6 is 11.6 Å². The van der Waals surface area contributed by atoms with Gasteiger partial charge in [0.15, 0.2) is 0 Å². The standard InChI is InChI=1S/C20H22ClN3O3S/c1-15-2-4-16(5-3-15)14-22-23-20(25)17-10-12-24(13-11-17)28(26,27)19-8-6-18(21)7-9-19/h2-9,14,17H,10-13H2,1H3,(H,23,25). The summed E-state index contributed by atoms with van der Waals surface area (Å²) >= 11 is 5.82. The molecular weight excluding hydrogens is 398 g/mol. The van der Waals surface area contributed by atoms with Crippen LogP contribution in [-0.4, -0.2) is 37.9 Å². The van der Waals surface area contributed by atoms with Gasteiger partial charge in [-0.2, -0.15) is 9.41 Å². The number of amides is 1. The summed E-state index contributed by atoms with van der Waals surface area (Å²) in [5.41, 5.74) is 4.61. The Morgan fingerprint density at radius 2 is 1.71 bits per heavy atom. The molecule has 1 amide bonds. The number of sulfonamides is 1. The Morgan fingerprint density at radius 3 is 2.32 bits per heavy atom. The van der Waals surface area contributed by atoms with E-state index in [4.69, 9.17) is 11.6 Å². The van der Waals surface area contributed by atoms with Crippen molar-refractivity contribution in [2.24, 2.45) is 11.0 Å². The van der Waals surface area contributed by atoms with Crippen molar-refractivity contribution in [2.75, 3.05) is 13.1 Å². The van der Waals surface area contributed by atoms with E-state index in [2.05, 4.69) is 10.5 Å². The average Bonchev–Trinajstić information content (AvgIpc) is 2.70. The van der Waals surface area contributed by atoms with Gasteiger partial charge in [0.05, 0.1) is 11.1 Å². The highest BCUT2D eigenvalue weighted by atomic mass is 35.5. The van der Waals surface area contributed by atoms with Crippen molar-refractivity contribution in [3.63, 3.8) is 0 Å². The smallest absolute Gasteiger partial charge is 0.243 e. The molecule has 0 aliphatic carbocycles. The number of nitrogens with one attached hydrogen (secondary N) is 1. The molecule has 1 aliphatic heterocycles. The zero-order chi connectivity index (χ0) is 20.1. The Bertz CT molecular complexity index is 949. The maximum Gasteiger partial charge on any atom is 0.243 e. The number of hydrazone groups is 1. The Labute approximate surface area is 170 Å². The molecule has 1 saturated heterocycles. The fourth-order valence-electron chi connectivity index (χ4n) is 3.03. The van der Waals surface area contributed by atoms with Gasteiger partial charge in [-0.05, 0) is 49.6 Å². The SMILES string of the molecule is Cc1ccc(C=NNC(=O)C2CCN(S(=O)(=O)c3ccc(Cl)cc3)CC2)cc1. The van der Waals surface area contributed by atoms with Crippen LogP contribution < -0.4 is 5.43 Å². The third kappa shape index (κ3) is 4.98. The third-order valence-corrected chi connectivity index (χ3v) is 6.91. The summed E-state index contributed by atoms with van der Waals surface area (Å²) < 4.78 is 26.8. The normalized spacial score (nSPS) is 16.4. The van der Waals surface area contributed by atoms with E-state index in [1.54, 1.807) is 18.3 Å². The summed E-state index contributed by atoms with van der Waals surface area (Å²) in [5.74, 6) is -0.446.